The van der Waals surface area contributed by atoms with E-state index in [1.807, 2.05) is 0 Å². The molecule has 1 aromatic heterocycles. The predicted octanol–water partition coefficient (Wildman–Crippen LogP) is 27.5. The van der Waals surface area contributed by atoms with E-state index in [9.17, 15) is 0 Å². The first kappa shape index (κ1) is 70.9. The van der Waals surface area contributed by atoms with E-state index >= 15 is 0 Å². The number of nitrogens with zero attached hydrogens (tertiary/aromatic N) is 3. The Bertz CT molecular complexity index is 6040. The van der Waals surface area contributed by atoms with Gasteiger partial charge in [0.25, 0.3) is 6.71 Å². The van der Waals surface area contributed by atoms with E-state index < -0.39 is 0 Å². The van der Waals surface area contributed by atoms with Crippen LogP contribution in [0.15, 0.2) is 331 Å². The molecule has 0 spiro atoms. The zero-order valence-corrected chi connectivity index (χ0v) is 67.7. The minimum Gasteiger partial charge on any atom is -0.310 e. The maximum absolute atomic E-state index is 2.76. The molecule has 13 aromatic rings. The largest absolute Gasteiger partial charge is 0.310 e. The highest BCUT2D eigenvalue weighted by atomic mass is 15.2. The van der Waals surface area contributed by atoms with E-state index in [2.05, 4.69) is 422 Å². The smallest absolute Gasteiger partial charge is 0.252 e. The van der Waals surface area contributed by atoms with Gasteiger partial charge in [-0.25, -0.2) is 0 Å². The standard InChI is InChI=1S/C108H100BN3/c1-104(2,3)77-49-46-67(47-50-77)75-59-97-101-98(60-75)112(103-88(70-36-24-18-25-37-70)63-81(108(13,14)15)64-89(103)71-38-26-19-27-39-71)96-66-82(110-93-42-30-28-40-83(93)84-41-29-31-43-94(84)110)51-52-91(96)109(101)92-58-72(85-57-76-56-78(105(4,5)6)54-73-44-45-74-55-79(106(7,8)9)65-90(85)100(74)99(73)76)48-53-95(92)111(97)102-86(68-32-20-16-21-33-68)61-80(107(10,11)12)62-87(102)69-34-22-17-23-35-69/h16-53,55-66,73,99-100H,54H2,1-15H3. The van der Waals surface area contributed by atoms with Crippen LogP contribution in [0.3, 0.4) is 0 Å². The van der Waals surface area contributed by atoms with Crippen molar-refractivity contribution in [3.63, 3.8) is 0 Å². The first-order valence-electron chi connectivity index (χ1n) is 40.7. The summed E-state index contributed by atoms with van der Waals surface area (Å²) in [5.74, 6) is 0.981. The molecule has 4 heteroatoms. The Morgan fingerprint density at radius 3 is 1.29 bits per heavy atom. The zero-order chi connectivity index (χ0) is 77.2. The lowest BCUT2D eigenvalue weighted by Gasteiger charge is -2.48. The molecule has 6 aliphatic rings. The predicted molar refractivity (Wildman–Crippen MR) is 480 cm³/mol. The van der Waals surface area contributed by atoms with Crippen LogP contribution in [0.1, 0.15) is 133 Å². The van der Waals surface area contributed by atoms with E-state index in [1.54, 1.807) is 0 Å². The molecule has 0 saturated carbocycles. The third kappa shape index (κ3) is 11.8. The van der Waals surface area contributed by atoms with Gasteiger partial charge in [-0.15, -0.1) is 0 Å². The number of hydrogen-bond acceptors (Lipinski definition) is 2. The van der Waals surface area contributed by atoms with Gasteiger partial charge in [-0.3, -0.25) is 0 Å². The van der Waals surface area contributed by atoms with Crippen molar-refractivity contribution in [1.29, 1.82) is 0 Å². The third-order valence-electron chi connectivity index (χ3n) is 25.3. The van der Waals surface area contributed by atoms with Gasteiger partial charge in [0, 0.05) is 73.3 Å². The summed E-state index contributed by atoms with van der Waals surface area (Å²) in [7, 11) is 0. The van der Waals surface area contributed by atoms with Gasteiger partial charge in [0.1, 0.15) is 0 Å². The van der Waals surface area contributed by atoms with Crippen LogP contribution in [-0.2, 0) is 16.2 Å². The monoisotopic (exact) mass is 1450 g/mol. The van der Waals surface area contributed by atoms with Gasteiger partial charge in [-0.05, 0) is 206 Å². The second kappa shape index (κ2) is 26.1. The number of anilines is 6. The van der Waals surface area contributed by atoms with Crippen LogP contribution in [0.25, 0.3) is 88.7 Å². The molecule has 0 amide bonds. The van der Waals surface area contributed by atoms with Crippen molar-refractivity contribution in [2.24, 2.45) is 28.6 Å². The summed E-state index contributed by atoms with van der Waals surface area (Å²) in [6, 6.07) is 103. The second-order valence-electron chi connectivity index (χ2n) is 37.7. The Balaban J connectivity index is 1.01. The summed E-state index contributed by atoms with van der Waals surface area (Å²) >= 11 is 0. The second-order valence-corrected chi connectivity index (χ2v) is 37.7. The molecule has 12 aromatic carbocycles. The molecule has 19 rings (SSSR count). The van der Waals surface area contributed by atoms with Crippen LogP contribution in [0.5, 0.6) is 0 Å². The van der Waals surface area contributed by atoms with Crippen molar-refractivity contribution in [3.8, 4) is 61.3 Å². The highest BCUT2D eigenvalue weighted by Crippen LogP contribution is 2.60. The van der Waals surface area contributed by atoms with Crippen LogP contribution in [0.4, 0.5) is 34.1 Å². The van der Waals surface area contributed by atoms with Crippen LogP contribution in [0, 0.1) is 28.6 Å². The Morgan fingerprint density at radius 1 is 0.339 bits per heavy atom. The Kier molecular flexibility index (Phi) is 16.5. The fourth-order valence-electron chi connectivity index (χ4n) is 19.3. The molecular formula is C108H100BN3. The van der Waals surface area contributed by atoms with Gasteiger partial charge in [-0.2, -0.15) is 0 Å². The number of aromatic nitrogens is 1. The lowest BCUT2D eigenvalue weighted by atomic mass is 9.33. The van der Waals surface area contributed by atoms with Crippen molar-refractivity contribution < 1.29 is 0 Å². The molecule has 112 heavy (non-hydrogen) atoms. The molecule has 3 atom stereocenters. The van der Waals surface area contributed by atoms with Crippen LogP contribution >= 0.6 is 0 Å². The normalized spacial score (nSPS) is 17.2. The maximum atomic E-state index is 2.76. The number of para-hydroxylation sites is 2. The van der Waals surface area contributed by atoms with E-state index in [-0.39, 0.29) is 39.7 Å². The maximum Gasteiger partial charge on any atom is 0.252 e. The molecule has 0 bridgehead atoms. The van der Waals surface area contributed by atoms with Gasteiger partial charge in [0.05, 0.1) is 22.4 Å². The summed E-state index contributed by atoms with van der Waals surface area (Å²) in [5.41, 5.74) is 38.9. The molecule has 0 N–H and O–H groups in total. The molecule has 0 saturated heterocycles. The summed E-state index contributed by atoms with van der Waals surface area (Å²) in [6.45, 7) is 35.4. The van der Waals surface area contributed by atoms with Crippen LogP contribution in [-0.4, -0.2) is 11.3 Å². The minimum atomic E-state index is -0.281. The number of rotatable bonds is 9. The number of hydrogen-bond donors (Lipinski definition) is 0. The number of fused-ring (bicyclic) bond motifs is 7. The molecule has 3 heterocycles. The molecule has 3 nitrogen and oxygen atoms in total. The van der Waals surface area contributed by atoms with Gasteiger partial charge in [0.15, 0.2) is 0 Å². The summed E-state index contributed by atoms with van der Waals surface area (Å²) in [4.78, 5) is 5.52. The Labute approximate surface area is 664 Å². The van der Waals surface area contributed by atoms with Crippen LogP contribution in [0.2, 0.25) is 0 Å². The molecule has 4 aliphatic carbocycles. The minimum absolute atomic E-state index is 0.0201. The van der Waals surface area contributed by atoms with E-state index in [0.717, 1.165) is 68.5 Å². The average Bonchev–Trinajstić information content (AvgIpc) is 1.47. The van der Waals surface area contributed by atoms with Gasteiger partial charge >= 0.3 is 0 Å². The molecule has 3 unspecified atom stereocenters. The Hall–Kier alpha value is -11.5. The zero-order valence-electron chi connectivity index (χ0n) is 67.7. The lowest BCUT2D eigenvalue weighted by Crippen LogP contribution is -2.61. The quantitative estimate of drug-likeness (QED) is 0.133. The average molecular weight is 1450 g/mol. The highest BCUT2D eigenvalue weighted by molar-refractivity contribution is 7.00. The van der Waals surface area contributed by atoms with Gasteiger partial charge < -0.3 is 14.4 Å². The number of allylic oxidation sites excluding steroid dienone is 12. The fourth-order valence-corrected chi connectivity index (χ4v) is 19.3. The summed E-state index contributed by atoms with van der Waals surface area (Å²) in [6.07, 6.45) is 16.7. The van der Waals surface area contributed by atoms with Gasteiger partial charge in [0.2, 0.25) is 0 Å². The SMILES string of the molecule is CC(C)(C)C1=CC2=C(c3ccc4c(c3)B3c5ccc(-n6c7ccccc7c7ccccc76)cc5N(c5c(-c6ccccc6)cc(C(C)(C)C)cc5-c5ccccc5)c5cc(-c6ccc(C(C)(C)C)cc6)cc(c53)N4c3c(-c4ccccc4)cc(C(C)(C)C)cc3-c3ccccc3)C=C3C=C(C(C)(C)C)CC4C=CC(=C1)C2C34. The first-order valence-corrected chi connectivity index (χ1v) is 40.7. The van der Waals surface area contributed by atoms with Crippen molar-refractivity contribution in [3.05, 3.63) is 353 Å². The Morgan fingerprint density at radius 2 is 0.812 bits per heavy atom. The molecule has 0 radical (unpaired) electrons. The molecule has 2 aliphatic heterocycles. The van der Waals surface area contributed by atoms with Crippen molar-refractivity contribution in [1.82, 2.24) is 4.57 Å². The van der Waals surface area contributed by atoms with Crippen molar-refractivity contribution >= 4 is 84.6 Å². The molecular weight excluding hydrogens is 1350 g/mol. The summed E-state index contributed by atoms with van der Waals surface area (Å²) in [5, 5.41) is 2.47. The van der Waals surface area contributed by atoms with E-state index in [4.69, 9.17) is 0 Å². The van der Waals surface area contributed by atoms with E-state index in [0.29, 0.717) is 11.8 Å². The first-order chi connectivity index (χ1) is 53.7. The van der Waals surface area contributed by atoms with Crippen LogP contribution < -0.4 is 26.2 Å². The lowest BCUT2D eigenvalue weighted by molar-refractivity contribution is 0.328. The fraction of sp³-hybridized carbons (Fsp3) is 0.222. The molecule has 0 fully saturated rings. The number of benzene rings is 12. The van der Waals surface area contributed by atoms with Gasteiger partial charge in [-0.1, -0.05) is 346 Å². The molecule has 550 valence electrons. The topological polar surface area (TPSA) is 11.4 Å². The summed E-state index contributed by atoms with van der Waals surface area (Å²) < 4.78 is 2.53. The third-order valence-corrected chi connectivity index (χ3v) is 25.3. The highest BCUT2D eigenvalue weighted by Gasteiger charge is 2.49. The van der Waals surface area contributed by atoms with Crippen molar-refractivity contribution in [2.75, 3.05) is 9.80 Å². The van der Waals surface area contributed by atoms with E-state index in [1.165, 1.54) is 127 Å². The van der Waals surface area contributed by atoms with Crippen molar-refractivity contribution in [2.45, 2.75) is 127 Å².